The van der Waals surface area contributed by atoms with Crippen molar-refractivity contribution in [1.82, 2.24) is 19.4 Å². The molecule has 0 aliphatic rings. The van der Waals surface area contributed by atoms with E-state index in [4.69, 9.17) is 11.6 Å². The Morgan fingerprint density at radius 1 is 1.22 bits per heavy atom. The Kier molecular flexibility index (Phi) is 4.37. The quantitative estimate of drug-likeness (QED) is 0.488. The zero-order chi connectivity index (χ0) is 19.1. The summed E-state index contributed by atoms with van der Waals surface area (Å²) in [5, 5.41) is 11.3. The number of hydrogen-bond acceptors (Lipinski definition) is 5. The maximum Gasteiger partial charge on any atom is 0.282 e. The SMILES string of the molecule is Cc1nn(-c2ccc(F)cc2)c(Cl)c1/C=N\n1c(C)nc2sccc2c1=O. The predicted molar refractivity (Wildman–Crippen MR) is 105 cm³/mol. The number of thiophene rings is 1. The second-order valence-corrected chi connectivity index (χ2v) is 7.09. The lowest BCUT2D eigenvalue weighted by atomic mass is 10.3. The van der Waals surface area contributed by atoms with E-state index in [1.165, 1.54) is 39.0 Å². The molecule has 6 nitrogen and oxygen atoms in total. The molecule has 0 unspecified atom stereocenters. The van der Waals surface area contributed by atoms with Gasteiger partial charge in [-0.2, -0.15) is 14.9 Å². The van der Waals surface area contributed by atoms with Gasteiger partial charge in [0.2, 0.25) is 0 Å². The molecular weight excluding hydrogens is 389 g/mol. The number of aromatic nitrogens is 4. The largest absolute Gasteiger partial charge is 0.282 e. The van der Waals surface area contributed by atoms with E-state index >= 15 is 0 Å². The number of rotatable bonds is 3. The van der Waals surface area contributed by atoms with Gasteiger partial charge in [0.15, 0.2) is 0 Å². The molecular formula is C18H13ClFN5OS. The average Bonchev–Trinajstić information content (AvgIpc) is 3.21. The van der Waals surface area contributed by atoms with E-state index in [1.54, 1.807) is 32.0 Å². The van der Waals surface area contributed by atoms with E-state index in [0.717, 1.165) is 0 Å². The van der Waals surface area contributed by atoms with Crippen molar-refractivity contribution in [3.8, 4) is 5.69 Å². The minimum Gasteiger partial charge on any atom is -0.267 e. The van der Waals surface area contributed by atoms with Gasteiger partial charge in [0, 0.05) is 0 Å². The number of halogens is 2. The van der Waals surface area contributed by atoms with E-state index in [1.807, 2.05) is 5.38 Å². The van der Waals surface area contributed by atoms with Crippen LogP contribution in [0.15, 0.2) is 45.6 Å². The fraction of sp³-hybridized carbons (Fsp3) is 0.111. The summed E-state index contributed by atoms with van der Waals surface area (Å²) < 4.78 is 15.9. The van der Waals surface area contributed by atoms with Crippen LogP contribution in [0.25, 0.3) is 15.9 Å². The highest BCUT2D eigenvalue weighted by molar-refractivity contribution is 7.16. The van der Waals surface area contributed by atoms with Crippen LogP contribution in [0.4, 0.5) is 4.39 Å². The molecule has 27 heavy (non-hydrogen) atoms. The van der Waals surface area contributed by atoms with Crippen molar-refractivity contribution in [1.29, 1.82) is 0 Å². The molecule has 9 heteroatoms. The van der Waals surface area contributed by atoms with Gasteiger partial charge in [-0.1, -0.05) is 11.6 Å². The minimum absolute atomic E-state index is 0.241. The van der Waals surface area contributed by atoms with Crippen LogP contribution in [-0.2, 0) is 0 Å². The minimum atomic E-state index is -0.341. The van der Waals surface area contributed by atoms with Gasteiger partial charge in [0.25, 0.3) is 5.56 Å². The highest BCUT2D eigenvalue weighted by Crippen LogP contribution is 2.22. The highest BCUT2D eigenvalue weighted by Gasteiger charge is 2.14. The molecule has 0 radical (unpaired) electrons. The van der Waals surface area contributed by atoms with Gasteiger partial charge in [-0.15, -0.1) is 11.3 Å². The number of benzene rings is 1. The summed E-state index contributed by atoms with van der Waals surface area (Å²) in [5.41, 5.74) is 1.58. The molecule has 3 aromatic heterocycles. The molecule has 0 bridgehead atoms. The van der Waals surface area contributed by atoms with Crippen LogP contribution in [0.2, 0.25) is 5.15 Å². The van der Waals surface area contributed by atoms with Crippen LogP contribution in [0.5, 0.6) is 0 Å². The maximum absolute atomic E-state index is 13.1. The van der Waals surface area contributed by atoms with Crippen LogP contribution in [0, 0.1) is 19.7 Å². The van der Waals surface area contributed by atoms with E-state index in [-0.39, 0.29) is 11.4 Å². The first-order valence-electron chi connectivity index (χ1n) is 7.98. The van der Waals surface area contributed by atoms with Crippen molar-refractivity contribution in [3.05, 3.63) is 74.1 Å². The summed E-state index contributed by atoms with van der Waals surface area (Å²) in [6, 6.07) is 7.56. The number of hydrogen-bond donors (Lipinski definition) is 0. The molecule has 0 aliphatic carbocycles. The Balaban J connectivity index is 1.77. The standard InChI is InChI=1S/C18H13ClFN5OS/c1-10-15(16(19)25(23-10)13-5-3-12(20)4-6-13)9-21-24-11(2)22-17-14(18(24)26)7-8-27-17/h3-9H,1-2H3/b21-9-. The van der Waals surface area contributed by atoms with E-state index < -0.39 is 0 Å². The third-order valence-corrected chi connectivity index (χ3v) is 5.23. The molecule has 0 spiro atoms. The van der Waals surface area contributed by atoms with Crippen molar-refractivity contribution in [3.63, 3.8) is 0 Å². The fourth-order valence-electron chi connectivity index (χ4n) is 2.67. The van der Waals surface area contributed by atoms with Crippen LogP contribution in [-0.4, -0.2) is 25.7 Å². The normalized spacial score (nSPS) is 11.7. The monoisotopic (exact) mass is 401 g/mol. The summed E-state index contributed by atoms with van der Waals surface area (Å²) in [7, 11) is 0. The maximum atomic E-state index is 13.1. The zero-order valence-corrected chi connectivity index (χ0v) is 15.9. The molecule has 4 aromatic rings. The molecule has 136 valence electrons. The van der Waals surface area contributed by atoms with Gasteiger partial charge in [0.1, 0.15) is 21.6 Å². The molecule has 0 fully saturated rings. The third-order valence-electron chi connectivity index (χ3n) is 4.06. The van der Waals surface area contributed by atoms with E-state index in [0.29, 0.717) is 38.1 Å². The van der Waals surface area contributed by atoms with Gasteiger partial charge in [-0.3, -0.25) is 4.79 Å². The fourth-order valence-corrected chi connectivity index (χ4v) is 3.79. The second-order valence-electron chi connectivity index (χ2n) is 5.84. The van der Waals surface area contributed by atoms with Gasteiger partial charge < -0.3 is 0 Å². The Morgan fingerprint density at radius 3 is 2.70 bits per heavy atom. The molecule has 1 aromatic carbocycles. The summed E-state index contributed by atoms with van der Waals surface area (Å²) in [6.07, 6.45) is 1.49. The molecule has 0 aliphatic heterocycles. The number of aryl methyl sites for hydroxylation is 2. The average molecular weight is 402 g/mol. The van der Waals surface area contributed by atoms with E-state index in [2.05, 4.69) is 15.2 Å². The molecule has 0 saturated heterocycles. The van der Waals surface area contributed by atoms with Crippen LogP contribution < -0.4 is 5.56 Å². The lowest BCUT2D eigenvalue weighted by Crippen LogP contribution is -2.19. The summed E-state index contributed by atoms with van der Waals surface area (Å²) in [4.78, 5) is 17.7. The Hall–Kier alpha value is -2.84. The van der Waals surface area contributed by atoms with Crippen LogP contribution >= 0.6 is 22.9 Å². The van der Waals surface area contributed by atoms with Crippen molar-refractivity contribution in [2.75, 3.05) is 0 Å². The molecule has 0 N–H and O–H groups in total. The van der Waals surface area contributed by atoms with Crippen molar-refractivity contribution in [2.24, 2.45) is 5.10 Å². The molecule has 0 saturated carbocycles. The van der Waals surface area contributed by atoms with Gasteiger partial charge >= 0.3 is 0 Å². The van der Waals surface area contributed by atoms with Crippen molar-refractivity contribution < 1.29 is 4.39 Å². The van der Waals surface area contributed by atoms with Crippen LogP contribution in [0.1, 0.15) is 17.1 Å². The molecule has 0 amide bonds. The highest BCUT2D eigenvalue weighted by atomic mass is 35.5. The Labute approximate surface area is 162 Å². The third kappa shape index (κ3) is 3.07. The Morgan fingerprint density at radius 2 is 1.96 bits per heavy atom. The molecule has 3 heterocycles. The van der Waals surface area contributed by atoms with Gasteiger partial charge in [0.05, 0.1) is 28.5 Å². The first-order valence-corrected chi connectivity index (χ1v) is 9.24. The smallest absolute Gasteiger partial charge is 0.267 e. The van der Waals surface area contributed by atoms with Gasteiger partial charge in [-0.25, -0.2) is 14.1 Å². The second kappa shape index (κ2) is 6.71. The zero-order valence-electron chi connectivity index (χ0n) is 14.3. The van der Waals surface area contributed by atoms with E-state index in [9.17, 15) is 9.18 Å². The predicted octanol–water partition coefficient (Wildman–Crippen LogP) is 3.94. The summed E-state index contributed by atoms with van der Waals surface area (Å²) in [6.45, 7) is 3.50. The van der Waals surface area contributed by atoms with Crippen molar-refractivity contribution in [2.45, 2.75) is 13.8 Å². The summed E-state index contributed by atoms with van der Waals surface area (Å²) >= 11 is 7.85. The van der Waals surface area contributed by atoms with Crippen LogP contribution in [0.3, 0.4) is 0 Å². The number of fused-ring (bicyclic) bond motifs is 1. The van der Waals surface area contributed by atoms with Crippen molar-refractivity contribution >= 4 is 39.4 Å². The topological polar surface area (TPSA) is 65.1 Å². The molecule has 0 atom stereocenters. The first-order chi connectivity index (χ1) is 13.0. The number of nitrogens with zero attached hydrogens (tertiary/aromatic N) is 5. The molecule has 4 rings (SSSR count). The Bertz CT molecular complexity index is 1240. The summed E-state index contributed by atoms with van der Waals surface area (Å²) in [5.74, 6) is 0.137. The first kappa shape index (κ1) is 17.6. The van der Waals surface area contributed by atoms with Gasteiger partial charge in [-0.05, 0) is 49.6 Å². The lowest BCUT2D eigenvalue weighted by Gasteiger charge is -2.03. The lowest BCUT2D eigenvalue weighted by molar-refractivity contribution is 0.627.